The molecule has 2 saturated carbocycles. The zero-order valence-electron chi connectivity index (χ0n) is 9.12. The van der Waals surface area contributed by atoms with Crippen LogP contribution in [0.1, 0.15) is 33.1 Å². The Hall–Kier alpha value is -1.06. The summed E-state index contributed by atoms with van der Waals surface area (Å²) in [6, 6.07) is 0. The number of nitrogens with one attached hydrogen (secondary N) is 1. The normalized spacial score (nSPS) is 33.3. The van der Waals surface area contributed by atoms with E-state index in [4.69, 9.17) is 5.11 Å². The van der Waals surface area contributed by atoms with Crippen LogP contribution >= 0.6 is 0 Å². The zero-order valence-corrected chi connectivity index (χ0v) is 9.12. The van der Waals surface area contributed by atoms with Crippen LogP contribution in [-0.4, -0.2) is 22.5 Å². The maximum absolute atomic E-state index is 11.8. The van der Waals surface area contributed by atoms with E-state index < -0.39 is 11.5 Å². The number of hydrogen-bond donors (Lipinski definition) is 2. The Morgan fingerprint density at radius 3 is 2.27 bits per heavy atom. The van der Waals surface area contributed by atoms with E-state index in [1.807, 2.05) is 0 Å². The monoisotopic (exact) mass is 211 g/mol. The maximum Gasteiger partial charge on any atom is 0.328 e. The minimum Gasteiger partial charge on any atom is -0.480 e. The van der Waals surface area contributed by atoms with E-state index in [0.717, 1.165) is 12.8 Å². The summed E-state index contributed by atoms with van der Waals surface area (Å²) in [5, 5.41) is 11.5. The molecule has 2 atom stereocenters. The van der Waals surface area contributed by atoms with Gasteiger partial charge in [0.15, 0.2) is 0 Å². The molecular weight excluding hydrogens is 194 g/mol. The van der Waals surface area contributed by atoms with E-state index in [-0.39, 0.29) is 11.8 Å². The van der Waals surface area contributed by atoms with Crippen LogP contribution in [0, 0.1) is 17.8 Å². The molecule has 2 aliphatic rings. The van der Waals surface area contributed by atoms with Crippen LogP contribution in [0.4, 0.5) is 0 Å². The molecule has 2 fully saturated rings. The molecule has 0 saturated heterocycles. The van der Waals surface area contributed by atoms with Crippen LogP contribution in [0.25, 0.3) is 0 Å². The Morgan fingerprint density at radius 2 is 1.80 bits per heavy atom. The summed E-state index contributed by atoms with van der Waals surface area (Å²) in [5.41, 5.74) is -1.14. The van der Waals surface area contributed by atoms with Crippen LogP contribution in [0.2, 0.25) is 0 Å². The molecule has 0 aromatic heterocycles. The van der Waals surface area contributed by atoms with E-state index in [0.29, 0.717) is 11.8 Å². The van der Waals surface area contributed by atoms with Gasteiger partial charge in [0, 0.05) is 5.92 Å². The van der Waals surface area contributed by atoms with Gasteiger partial charge in [-0.3, -0.25) is 4.79 Å². The predicted octanol–water partition coefficient (Wildman–Crippen LogP) is 1.01. The molecule has 0 bridgehead atoms. The number of carbonyl (C=O) groups is 2. The van der Waals surface area contributed by atoms with Gasteiger partial charge in [-0.25, -0.2) is 4.79 Å². The van der Waals surface area contributed by atoms with Crippen molar-refractivity contribution in [2.24, 2.45) is 17.8 Å². The SMILES string of the molecule is CC(C)(NC(=O)C1C2CCCC21)C(=O)O. The molecule has 2 rings (SSSR count). The van der Waals surface area contributed by atoms with Crippen LogP contribution < -0.4 is 5.32 Å². The third-order valence-corrected chi connectivity index (χ3v) is 3.68. The second kappa shape index (κ2) is 3.22. The molecule has 4 nitrogen and oxygen atoms in total. The number of fused-ring (bicyclic) bond motifs is 1. The molecule has 0 aliphatic heterocycles. The Balaban J connectivity index is 1.91. The molecule has 0 spiro atoms. The Kier molecular flexibility index (Phi) is 2.24. The van der Waals surface area contributed by atoms with Crippen molar-refractivity contribution in [3.8, 4) is 0 Å². The van der Waals surface area contributed by atoms with Crippen LogP contribution in [0.5, 0.6) is 0 Å². The van der Waals surface area contributed by atoms with Crippen molar-refractivity contribution in [2.75, 3.05) is 0 Å². The highest BCUT2D eigenvalue weighted by Crippen LogP contribution is 2.57. The first-order valence-electron chi connectivity index (χ1n) is 5.49. The molecule has 0 aromatic carbocycles. The van der Waals surface area contributed by atoms with E-state index in [9.17, 15) is 9.59 Å². The van der Waals surface area contributed by atoms with Crippen LogP contribution in [-0.2, 0) is 9.59 Å². The highest BCUT2D eigenvalue weighted by Gasteiger charge is 2.57. The van der Waals surface area contributed by atoms with Gasteiger partial charge < -0.3 is 10.4 Å². The summed E-state index contributed by atoms with van der Waals surface area (Å²) in [6.45, 7) is 3.04. The molecule has 1 amide bonds. The number of carbonyl (C=O) groups excluding carboxylic acids is 1. The maximum atomic E-state index is 11.8. The Morgan fingerprint density at radius 1 is 1.27 bits per heavy atom. The quantitative estimate of drug-likeness (QED) is 0.732. The average molecular weight is 211 g/mol. The van der Waals surface area contributed by atoms with Gasteiger partial charge in [0.25, 0.3) is 0 Å². The van der Waals surface area contributed by atoms with Gasteiger partial charge in [-0.1, -0.05) is 6.42 Å². The summed E-state index contributed by atoms with van der Waals surface area (Å²) in [7, 11) is 0. The lowest BCUT2D eigenvalue weighted by molar-refractivity contribution is -0.146. The zero-order chi connectivity index (χ0) is 11.2. The first kappa shape index (κ1) is 10.5. The lowest BCUT2D eigenvalue weighted by Gasteiger charge is -2.21. The van der Waals surface area contributed by atoms with Crippen LogP contribution in [0.3, 0.4) is 0 Å². The number of rotatable bonds is 3. The fourth-order valence-electron chi connectivity index (χ4n) is 2.66. The molecule has 15 heavy (non-hydrogen) atoms. The van der Waals surface area contributed by atoms with Crippen molar-refractivity contribution in [3.05, 3.63) is 0 Å². The Bertz CT molecular complexity index is 301. The summed E-state index contributed by atoms with van der Waals surface area (Å²) < 4.78 is 0. The summed E-state index contributed by atoms with van der Waals surface area (Å²) in [4.78, 5) is 22.6. The average Bonchev–Trinajstić information content (AvgIpc) is 2.60. The lowest BCUT2D eigenvalue weighted by atomic mass is 10.0. The molecule has 2 unspecified atom stereocenters. The molecule has 2 N–H and O–H groups in total. The van der Waals surface area contributed by atoms with Crippen molar-refractivity contribution in [1.82, 2.24) is 5.32 Å². The second-order valence-electron chi connectivity index (χ2n) is 5.20. The van der Waals surface area contributed by atoms with Crippen molar-refractivity contribution in [1.29, 1.82) is 0 Å². The molecule has 0 aromatic rings. The van der Waals surface area contributed by atoms with Gasteiger partial charge in [0.2, 0.25) is 5.91 Å². The molecule has 2 aliphatic carbocycles. The van der Waals surface area contributed by atoms with E-state index in [1.165, 1.54) is 20.3 Å². The molecule has 0 radical (unpaired) electrons. The van der Waals surface area contributed by atoms with Gasteiger partial charge in [-0.2, -0.15) is 0 Å². The van der Waals surface area contributed by atoms with Gasteiger partial charge in [0.05, 0.1) is 0 Å². The minimum atomic E-state index is -1.14. The number of aliphatic carboxylic acids is 1. The van der Waals surface area contributed by atoms with Crippen molar-refractivity contribution < 1.29 is 14.7 Å². The molecule has 4 heteroatoms. The summed E-state index contributed by atoms with van der Waals surface area (Å²) in [5.74, 6) is 0.111. The largest absolute Gasteiger partial charge is 0.480 e. The lowest BCUT2D eigenvalue weighted by Crippen LogP contribution is -2.50. The van der Waals surface area contributed by atoms with E-state index in [1.54, 1.807) is 0 Å². The standard InChI is InChI=1S/C11H17NO3/c1-11(2,10(14)15)12-9(13)8-6-4-3-5-7(6)8/h6-8H,3-5H2,1-2H3,(H,12,13)(H,14,15). The summed E-state index contributed by atoms with van der Waals surface area (Å²) >= 11 is 0. The minimum absolute atomic E-state index is 0.0721. The second-order valence-corrected chi connectivity index (χ2v) is 5.20. The van der Waals surface area contributed by atoms with Crippen LogP contribution in [0.15, 0.2) is 0 Å². The van der Waals surface area contributed by atoms with Gasteiger partial charge >= 0.3 is 5.97 Å². The topological polar surface area (TPSA) is 66.4 Å². The first-order chi connectivity index (χ1) is 6.93. The van der Waals surface area contributed by atoms with E-state index >= 15 is 0 Å². The van der Waals surface area contributed by atoms with Crippen molar-refractivity contribution in [2.45, 2.75) is 38.6 Å². The predicted molar refractivity (Wildman–Crippen MR) is 54.2 cm³/mol. The number of hydrogen-bond acceptors (Lipinski definition) is 2. The van der Waals surface area contributed by atoms with Gasteiger partial charge in [-0.05, 0) is 38.5 Å². The van der Waals surface area contributed by atoms with Gasteiger partial charge in [-0.15, -0.1) is 0 Å². The van der Waals surface area contributed by atoms with E-state index in [2.05, 4.69) is 5.32 Å². The fraction of sp³-hybridized carbons (Fsp3) is 0.818. The first-order valence-corrected chi connectivity index (χ1v) is 5.49. The summed E-state index contributed by atoms with van der Waals surface area (Å²) in [6.07, 6.45) is 3.49. The third-order valence-electron chi connectivity index (χ3n) is 3.68. The molecule has 84 valence electrons. The smallest absolute Gasteiger partial charge is 0.328 e. The fourth-order valence-corrected chi connectivity index (χ4v) is 2.66. The Labute approximate surface area is 89.0 Å². The highest BCUT2D eigenvalue weighted by atomic mass is 16.4. The number of amides is 1. The molecule has 0 heterocycles. The van der Waals surface area contributed by atoms with Crippen molar-refractivity contribution in [3.63, 3.8) is 0 Å². The third kappa shape index (κ3) is 1.73. The van der Waals surface area contributed by atoms with Gasteiger partial charge in [0.1, 0.15) is 5.54 Å². The van der Waals surface area contributed by atoms with Crippen molar-refractivity contribution >= 4 is 11.9 Å². The molecular formula is C11H17NO3. The number of carboxylic acid groups (broad SMARTS) is 1. The number of carboxylic acids is 1. The highest BCUT2D eigenvalue weighted by molar-refractivity contribution is 5.89.